The number of hydrogen-bond acceptors (Lipinski definition) is 4. The predicted octanol–water partition coefficient (Wildman–Crippen LogP) is -0.0984. The molecule has 0 saturated carbocycles. The smallest absolute Gasteiger partial charge is 0.225 e. The molecule has 0 aromatic carbocycles. The van der Waals surface area contributed by atoms with E-state index in [2.05, 4.69) is 4.72 Å². The maximum absolute atomic E-state index is 12.2. The summed E-state index contributed by atoms with van der Waals surface area (Å²) in [6, 6.07) is -0.158. The van der Waals surface area contributed by atoms with E-state index in [1.807, 2.05) is 6.92 Å². The summed E-state index contributed by atoms with van der Waals surface area (Å²) in [6.07, 6.45) is 4.40. The Bertz CT molecular complexity index is 397. The molecule has 1 heterocycles. The van der Waals surface area contributed by atoms with Crippen LogP contribution in [0.3, 0.4) is 0 Å². The fraction of sp³-hybridized carbons (Fsp3) is 0.917. The third-order valence-electron chi connectivity index (χ3n) is 3.38. The highest BCUT2D eigenvalue weighted by Gasteiger charge is 2.27. The van der Waals surface area contributed by atoms with E-state index in [4.69, 9.17) is 5.73 Å². The van der Waals surface area contributed by atoms with Crippen molar-refractivity contribution in [2.45, 2.75) is 38.6 Å². The fourth-order valence-electron chi connectivity index (χ4n) is 2.44. The average Bonchev–Trinajstić information content (AvgIpc) is 2.33. The van der Waals surface area contributed by atoms with Gasteiger partial charge in [0.25, 0.3) is 0 Å². The number of amides is 1. The largest absolute Gasteiger partial charge is 0.341 e. The number of rotatable bonds is 6. The van der Waals surface area contributed by atoms with E-state index in [0.29, 0.717) is 19.6 Å². The molecule has 2 atom stereocenters. The van der Waals surface area contributed by atoms with Crippen molar-refractivity contribution in [2.24, 2.45) is 11.7 Å². The first kappa shape index (κ1) is 16.4. The van der Waals surface area contributed by atoms with Crippen LogP contribution < -0.4 is 10.5 Å². The van der Waals surface area contributed by atoms with Gasteiger partial charge >= 0.3 is 0 Å². The van der Waals surface area contributed by atoms with Crippen molar-refractivity contribution < 1.29 is 13.2 Å². The summed E-state index contributed by atoms with van der Waals surface area (Å²) in [7, 11) is -3.21. The van der Waals surface area contributed by atoms with Crippen LogP contribution in [0.2, 0.25) is 0 Å². The first-order chi connectivity index (χ1) is 8.83. The maximum atomic E-state index is 12.2. The minimum Gasteiger partial charge on any atom is -0.341 e. The number of likely N-dealkylation sites (tertiary alicyclic amines) is 1. The number of piperidine rings is 1. The molecule has 0 aromatic heterocycles. The van der Waals surface area contributed by atoms with E-state index < -0.39 is 10.0 Å². The zero-order chi connectivity index (χ0) is 14.5. The van der Waals surface area contributed by atoms with Crippen molar-refractivity contribution in [2.75, 3.05) is 25.9 Å². The van der Waals surface area contributed by atoms with Crippen LogP contribution in [0.5, 0.6) is 0 Å². The van der Waals surface area contributed by atoms with Crippen molar-refractivity contribution in [1.29, 1.82) is 0 Å². The van der Waals surface area contributed by atoms with Crippen molar-refractivity contribution in [3.05, 3.63) is 0 Å². The van der Waals surface area contributed by atoms with Crippen LogP contribution in [0, 0.1) is 5.92 Å². The van der Waals surface area contributed by atoms with E-state index in [9.17, 15) is 13.2 Å². The van der Waals surface area contributed by atoms with Gasteiger partial charge in [0.15, 0.2) is 0 Å². The van der Waals surface area contributed by atoms with Gasteiger partial charge in [0, 0.05) is 25.0 Å². The molecule has 1 saturated heterocycles. The molecule has 6 nitrogen and oxygen atoms in total. The highest BCUT2D eigenvalue weighted by molar-refractivity contribution is 7.88. The predicted molar refractivity (Wildman–Crippen MR) is 75.0 cm³/mol. The number of carbonyl (C=O) groups excluding carboxylic acids is 1. The van der Waals surface area contributed by atoms with E-state index in [1.54, 1.807) is 4.90 Å². The topological polar surface area (TPSA) is 92.5 Å². The second-order valence-corrected chi connectivity index (χ2v) is 7.13. The summed E-state index contributed by atoms with van der Waals surface area (Å²) < 4.78 is 25.0. The number of hydrogen-bond donors (Lipinski definition) is 2. The Balaban J connectivity index is 2.52. The molecule has 19 heavy (non-hydrogen) atoms. The molecule has 7 heteroatoms. The third kappa shape index (κ3) is 5.88. The van der Waals surface area contributed by atoms with Crippen LogP contribution >= 0.6 is 0 Å². The first-order valence-electron chi connectivity index (χ1n) is 6.79. The minimum atomic E-state index is -3.21. The minimum absolute atomic E-state index is 0.0412. The zero-order valence-corrected chi connectivity index (χ0v) is 12.6. The molecule has 3 N–H and O–H groups in total. The van der Waals surface area contributed by atoms with Gasteiger partial charge in [-0.15, -0.1) is 0 Å². The summed E-state index contributed by atoms with van der Waals surface area (Å²) in [6.45, 7) is 3.69. The third-order valence-corrected chi connectivity index (χ3v) is 4.14. The molecule has 1 aliphatic rings. The molecule has 0 bridgehead atoms. The zero-order valence-electron chi connectivity index (χ0n) is 11.8. The Labute approximate surface area is 115 Å². The van der Waals surface area contributed by atoms with E-state index >= 15 is 0 Å². The molecule has 1 fully saturated rings. The summed E-state index contributed by atoms with van der Waals surface area (Å²) in [5, 5.41) is 0. The van der Waals surface area contributed by atoms with Crippen molar-refractivity contribution in [3.8, 4) is 0 Å². The second kappa shape index (κ2) is 7.21. The van der Waals surface area contributed by atoms with Gasteiger partial charge < -0.3 is 10.6 Å². The van der Waals surface area contributed by atoms with Gasteiger partial charge in [0.2, 0.25) is 15.9 Å². The number of sulfonamides is 1. The number of nitrogens with two attached hydrogens (primary N) is 1. The Hall–Kier alpha value is -0.660. The lowest BCUT2D eigenvalue weighted by atomic mass is 10.0. The second-order valence-electron chi connectivity index (χ2n) is 5.35. The molecular formula is C12H25N3O3S. The molecule has 0 spiro atoms. The van der Waals surface area contributed by atoms with Crippen molar-refractivity contribution in [1.82, 2.24) is 9.62 Å². The molecular weight excluding hydrogens is 266 g/mol. The van der Waals surface area contributed by atoms with E-state index in [0.717, 1.165) is 31.9 Å². The van der Waals surface area contributed by atoms with Gasteiger partial charge in [0.05, 0.1) is 6.26 Å². The van der Waals surface area contributed by atoms with Crippen LogP contribution in [0.1, 0.15) is 32.6 Å². The average molecular weight is 291 g/mol. The van der Waals surface area contributed by atoms with E-state index in [-0.39, 0.29) is 17.9 Å². The molecule has 1 aliphatic heterocycles. The Morgan fingerprint density at radius 3 is 2.79 bits per heavy atom. The summed E-state index contributed by atoms with van der Waals surface area (Å²) in [5.41, 5.74) is 5.45. The van der Waals surface area contributed by atoms with Crippen LogP contribution in [0.4, 0.5) is 0 Å². The standard InChI is InChI=1S/C12H25N3O3S/c1-10(5-3-7-13)12(16)15-8-4-6-11(9-15)14-19(2,17)18/h10-11,14H,3-9,13H2,1-2H3. The number of nitrogens with one attached hydrogen (secondary N) is 1. The molecule has 0 radical (unpaired) electrons. The normalized spacial score (nSPS) is 22.3. The Morgan fingerprint density at radius 1 is 1.53 bits per heavy atom. The maximum Gasteiger partial charge on any atom is 0.225 e. The van der Waals surface area contributed by atoms with Gasteiger partial charge in [-0.3, -0.25) is 4.79 Å². The lowest BCUT2D eigenvalue weighted by molar-refractivity contribution is -0.136. The van der Waals surface area contributed by atoms with Crippen LogP contribution in [0.25, 0.3) is 0 Å². The fourth-order valence-corrected chi connectivity index (χ4v) is 3.23. The van der Waals surface area contributed by atoms with Gasteiger partial charge in [0.1, 0.15) is 0 Å². The van der Waals surface area contributed by atoms with Crippen LogP contribution in [-0.4, -0.2) is 51.2 Å². The first-order valence-corrected chi connectivity index (χ1v) is 8.68. The molecule has 1 amide bonds. The van der Waals surface area contributed by atoms with Crippen LogP contribution in [0.15, 0.2) is 0 Å². The van der Waals surface area contributed by atoms with Crippen LogP contribution in [-0.2, 0) is 14.8 Å². The van der Waals surface area contributed by atoms with Crippen molar-refractivity contribution in [3.63, 3.8) is 0 Å². The van der Waals surface area contributed by atoms with Gasteiger partial charge in [-0.05, 0) is 32.2 Å². The van der Waals surface area contributed by atoms with Gasteiger partial charge in [-0.1, -0.05) is 6.92 Å². The number of nitrogens with zero attached hydrogens (tertiary/aromatic N) is 1. The Morgan fingerprint density at radius 2 is 2.21 bits per heavy atom. The Kier molecular flexibility index (Phi) is 6.22. The van der Waals surface area contributed by atoms with Gasteiger partial charge in [-0.2, -0.15) is 0 Å². The lowest BCUT2D eigenvalue weighted by Gasteiger charge is -2.34. The monoisotopic (exact) mass is 291 g/mol. The molecule has 0 aromatic rings. The molecule has 2 unspecified atom stereocenters. The molecule has 0 aliphatic carbocycles. The highest BCUT2D eigenvalue weighted by Crippen LogP contribution is 2.16. The highest BCUT2D eigenvalue weighted by atomic mass is 32.2. The number of carbonyl (C=O) groups is 1. The lowest BCUT2D eigenvalue weighted by Crippen LogP contribution is -2.50. The van der Waals surface area contributed by atoms with Crippen molar-refractivity contribution >= 4 is 15.9 Å². The summed E-state index contributed by atoms with van der Waals surface area (Å²) >= 11 is 0. The summed E-state index contributed by atoms with van der Waals surface area (Å²) in [5.74, 6) is 0.0639. The quantitative estimate of drug-likeness (QED) is 0.715. The summed E-state index contributed by atoms with van der Waals surface area (Å²) in [4.78, 5) is 14.0. The molecule has 112 valence electrons. The molecule has 1 rings (SSSR count). The SMILES string of the molecule is CC(CCCN)C(=O)N1CCCC(NS(C)(=O)=O)C1. The van der Waals surface area contributed by atoms with E-state index in [1.165, 1.54) is 0 Å². The van der Waals surface area contributed by atoms with Gasteiger partial charge in [-0.25, -0.2) is 13.1 Å².